The van der Waals surface area contributed by atoms with Crippen molar-refractivity contribution in [3.05, 3.63) is 65.7 Å². The summed E-state index contributed by atoms with van der Waals surface area (Å²) < 4.78 is 1.59. The standard InChI is InChI=1S/C27H33N7O2S/c1-34-27(31-32-33-34)37-17-23(35)22(16-18-10-4-2-5-11-18)28-25-26(36)29-21-15-9-8-14-20(21)24(30-25)19-12-6-3-7-13-19/h3,6-9,12-15,18,22-23,25,28,35H,2,4-5,10-11,16-17H2,1H3,(H,29,36)/t22-,23?,25?/m0/s1. The van der Waals surface area contributed by atoms with E-state index < -0.39 is 12.3 Å². The number of thioether (sulfide) groups is 1. The highest BCUT2D eigenvalue weighted by atomic mass is 32.2. The van der Waals surface area contributed by atoms with Crippen LogP contribution in [0.2, 0.25) is 0 Å². The summed E-state index contributed by atoms with van der Waals surface area (Å²) in [6.45, 7) is 0. The van der Waals surface area contributed by atoms with Crippen molar-refractivity contribution in [3.8, 4) is 0 Å². The molecule has 5 rings (SSSR count). The molecule has 37 heavy (non-hydrogen) atoms. The quantitative estimate of drug-likeness (QED) is 0.371. The Hall–Kier alpha value is -3.08. The number of aryl methyl sites for hydroxylation is 1. The van der Waals surface area contributed by atoms with Gasteiger partial charge in [-0.1, -0.05) is 92.4 Å². The summed E-state index contributed by atoms with van der Waals surface area (Å²) >= 11 is 1.41. The van der Waals surface area contributed by atoms with Gasteiger partial charge in [-0.3, -0.25) is 15.1 Å². The Morgan fingerprint density at radius 3 is 2.62 bits per heavy atom. The minimum atomic E-state index is -0.840. The van der Waals surface area contributed by atoms with Crippen LogP contribution in [0.3, 0.4) is 0 Å². The zero-order chi connectivity index (χ0) is 25.6. The van der Waals surface area contributed by atoms with Crippen molar-refractivity contribution in [3.63, 3.8) is 0 Å². The van der Waals surface area contributed by atoms with Crippen molar-refractivity contribution in [2.45, 2.75) is 62.0 Å². The normalized spacial score (nSPS) is 19.9. The van der Waals surface area contributed by atoms with E-state index in [1.807, 2.05) is 54.6 Å². The number of aromatic nitrogens is 4. The lowest BCUT2D eigenvalue weighted by Crippen LogP contribution is -2.51. The minimum absolute atomic E-state index is 0.232. The second-order valence-electron chi connectivity index (χ2n) is 9.76. The zero-order valence-corrected chi connectivity index (χ0v) is 21.8. The Morgan fingerprint density at radius 1 is 1.11 bits per heavy atom. The van der Waals surface area contributed by atoms with Crippen LogP contribution in [0.25, 0.3) is 0 Å². The highest BCUT2D eigenvalue weighted by molar-refractivity contribution is 7.99. The number of hydrogen-bond donors (Lipinski definition) is 3. The van der Waals surface area contributed by atoms with Gasteiger partial charge in [0.15, 0.2) is 6.17 Å². The highest BCUT2D eigenvalue weighted by Crippen LogP contribution is 2.30. The number of benzodiazepines with no additional fused rings is 1. The van der Waals surface area contributed by atoms with Crippen LogP contribution in [-0.2, 0) is 11.8 Å². The number of nitrogens with zero attached hydrogens (tertiary/aromatic N) is 5. The second kappa shape index (κ2) is 12.0. The molecule has 2 aromatic carbocycles. The van der Waals surface area contributed by atoms with E-state index in [1.165, 1.54) is 31.0 Å². The van der Waals surface area contributed by atoms with E-state index in [0.29, 0.717) is 16.8 Å². The van der Waals surface area contributed by atoms with Crippen molar-refractivity contribution in [2.24, 2.45) is 18.0 Å². The Kier molecular flexibility index (Phi) is 8.28. The van der Waals surface area contributed by atoms with Crippen molar-refractivity contribution in [1.82, 2.24) is 25.5 Å². The van der Waals surface area contributed by atoms with E-state index in [1.54, 1.807) is 11.7 Å². The zero-order valence-electron chi connectivity index (χ0n) is 21.0. The van der Waals surface area contributed by atoms with Crippen LogP contribution >= 0.6 is 11.8 Å². The average Bonchev–Trinajstić information content (AvgIpc) is 3.28. The molecule has 9 nitrogen and oxygen atoms in total. The van der Waals surface area contributed by atoms with Gasteiger partial charge in [0, 0.05) is 30.0 Å². The molecule has 3 N–H and O–H groups in total. The number of amides is 1. The van der Waals surface area contributed by atoms with Gasteiger partial charge < -0.3 is 10.4 Å². The lowest BCUT2D eigenvalue weighted by atomic mass is 9.84. The number of aliphatic hydroxyl groups excluding tert-OH is 1. The summed E-state index contributed by atoms with van der Waals surface area (Å²) in [5, 5.41) is 30.0. The van der Waals surface area contributed by atoms with E-state index in [-0.39, 0.29) is 11.9 Å². The van der Waals surface area contributed by atoms with Crippen molar-refractivity contribution in [2.75, 3.05) is 11.1 Å². The molecule has 1 fully saturated rings. The molecule has 1 aliphatic carbocycles. The molecule has 194 valence electrons. The van der Waals surface area contributed by atoms with Gasteiger partial charge in [0.05, 0.1) is 17.5 Å². The minimum Gasteiger partial charge on any atom is -0.391 e. The fourth-order valence-electron chi connectivity index (χ4n) is 5.14. The summed E-state index contributed by atoms with van der Waals surface area (Å²) in [4.78, 5) is 18.3. The van der Waals surface area contributed by atoms with Crippen LogP contribution < -0.4 is 10.6 Å². The van der Waals surface area contributed by atoms with E-state index >= 15 is 0 Å². The van der Waals surface area contributed by atoms with Crippen LogP contribution in [-0.4, -0.2) is 61.0 Å². The molecule has 1 amide bonds. The maximum absolute atomic E-state index is 13.4. The Labute approximate surface area is 221 Å². The number of rotatable bonds is 9. The van der Waals surface area contributed by atoms with E-state index in [4.69, 9.17) is 4.99 Å². The average molecular weight is 520 g/mol. The predicted molar refractivity (Wildman–Crippen MR) is 145 cm³/mol. The number of para-hydroxylation sites is 1. The van der Waals surface area contributed by atoms with Crippen LogP contribution in [0.4, 0.5) is 5.69 Å². The monoisotopic (exact) mass is 519 g/mol. The van der Waals surface area contributed by atoms with Crippen LogP contribution in [0.5, 0.6) is 0 Å². The number of carbonyl (C=O) groups is 1. The van der Waals surface area contributed by atoms with Crippen molar-refractivity contribution in [1.29, 1.82) is 0 Å². The number of anilines is 1. The Bertz CT molecular complexity index is 1230. The molecule has 2 aliphatic rings. The lowest BCUT2D eigenvalue weighted by Gasteiger charge is -2.31. The first-order valence-electron chi connectivity index (χ1n) is 12.9. The topological polar surface area (TPSA) is 117 Å². The molecular weight excluding hydrogens is 486 g/mol. The first-order valence-corrected chi connectivity index (χ1v) is 13.9. The van der Waals surface area contributed by atoms with Gasteiger partial charge in [-0.05, 0) is 28.8 Å². The number of aliphatic hydroxyl groups is 1. The maximum atomic E-state index is 13.4. The number of aliphatic imine (C=N–C) groups is 1. The second-order valence-corrected chi connectivity index (χ2v) is 10.7. The van der Waals surface area contributed by atoms with E-state index in [9.17, 15) is 9.90 Å². The molecule has 3 aromatic rings. The molecule has 0 bridgehead atoms. The number of carbonyl (C=O) groups excluding carboxylic acids is 1. The number of hydrogen-bond acceptors (Lipinski definition) is 8. The van der Waals surface area contributed by atoms with Gasteiger partial charge in [-0.25, -0.2) is 4.68 Å². The highest BCUT2D eigenvalue weighted by Gasteiger charge is 2.32. The van der Waals surface area contributed by atoms with Gasteiger partial charge in [-0.15, -0.1) is 5.10 Å². The molecule has 10 heteroatoms. The van der Waals surface area contributed by atoms with Gasteiger partial charge in [-0.2, -0.15) is 0 Å². The van der Waals surface area contributed by atoms with Crippen LogP contribution in [0.15, 0.2) is 64.7 Å². The SMILES string of the molecule is Cn1nnnc1SCC(O)[C@H](CC1CCCCC1)NC1N=C(c2ccccc2)c2ccccc2NC1=O. The predicted octanol–water partition coefficient (Wildman–Crippen LogP) is 3.41. The summed E-state index contributed by atoms with van der Waals surface area (Å²) in [6, 6.07) is 17.3. The maximum Gasteiger partial charge on any atom is 0.264 e. The molecule has 3 atom stereocenters. The molecule has 2 heterocycles. The largest absolute Gasteiger partial charge is 0.391 e. The number of fused-ring (bicyclic) bond motifs is 1. The van der Waals surface area contributed by atoms with Crippen molar-refractivity contribution >= 4 is 29.1 Å². The molecular formula is C27H33N7O2S. The fourth-order valence-corrected chi connectivity index (χ4v) is 6.01. The molecule has 0 radical (unpaired) electrons. The fraction of sp³-hybridized carbons (Fsp3) is 0.444. The Balaban J connectivity index is 1.41. The van der Waals surface area contributed by atoms with Crippen LogP contribution in [0, 0.1) is 5.92 Å². The summed E-state index contributed by atoms with van der Waals surface area (Å²) in [7, 11) is 1.78. The third kappa shape index (κ3) is 6.26. The van der Waals surface area contributed by atoms with Gasteiger partial charge in [0.25, 0.3) is 5.91 Å². The first kappa shape index (κ1) is 25.6. The van der Waals surface area contributed by atoms with Gasteiger partial charge in [0.1, 0.15) is 0 Å². The number of benzene rings is 2. The molecule has 2 unspecified atom stereocenters. The lowest BCUT2D eigenvalue weighted by molar-refractivity contribution is -0.118. The molecule has 0 spiro atoms. The molecule has 1 aliphatic heterocycles. The molecule has 1 saturated carbocycles. The third-order valence-corrected chi connectivity index (χ3v) is 8.22. The first-order chi connectivity index (χ1) is 18.1. The summed E-state index contributed by atoms with van der Waals surface area (Å²) in [5.41, 5.74) is 3.29. The summed E-state index contributed by atoms with van der Waals surface area (Å²) in [6.07, 6.45) is 5.21. The van der Waals surface area contributed by atoms with Gasteiger partial charge >= 0.3 is 0 Å². The molecule has 0 saturated heterocycles. The Morgan fingerprint density at radius 2 is 1.86 bits per heavy atom. The molecule has 1 aromatic heterocycles. The number of tetrazole rings is 1. The smallest absolute Gasteiger partial charge is 0.264 e. The van der Waals surface area contributed by atoms with Crippen LogP contribution in [0.1, 0.15) is 49.7 Å². The van der Waals surface area contributed by atoms with E-state index in [0.717, 1.165) is 41.8 Å². The van der Waals surface area contributed by atoms with E-state index in [2.05, 4.69) is 26.2 Å². The summed E-state index contributed by atoms with van der Waals surface area (Å²) in [5.74, 6) is 0.679. The third-order valence-electron chi connectivity index (χ3n) is 7.11. The van der Waals surface area contributed by atoms with Crippen molar-refractivity contribution < 1.29 is 9.90 Å². The van der Waals surface area contributed by atoms with Gasteiger partial charge in [0.2, 0.25) is 5.16 Å². The number of nitrogens with one attached hydrogen (secondary N) is 2.